The molecule has 0 bridgehead atoms. The zero-order valence-corrected chi connectivity index (χ0v) is 9.82. The van der Waals surface area contributed by atoms with Crippen LogP contribution in [0.5, 0.6) is 0 Å². The minimum Gasteiger partial charge on any atom is -0.515 e. The standard InChI is InChI=1S/C11H17NO4/c1-11(2,3)16-10(15)12-6-4-5-8(7-13)9(12)14/h7,13H,4-6H2,1-3H3/b8-7+. The predicted molar refractivity (Wildman–Crippen MR) is 57.9 cm³/mol. The highest BCUT2D eigenvalue weighted by Crippen LogP contribution is 2.19. The Balaban J connectivity index is 2.73. The summed E-state index contributed by atoms with van der Waals surface area (Å²) in [6.45, 7) is 5.55. The highest BCUT2D eigenvalue weighted by Gasteiger charge is 2.31. The van der Waals surface area contributed by atoms with Crippen molar-refractivity contribution < 1.29 is 19.4 Å². The maximum atomic E-state index is 11.7. The number of hydrogen-bond donors (Lipinski definition) is 1. The van der Waals surface area contributed by atoms with Crippen molar-refractivity contribution in [2.24, 2.45) is 0 Å². The fourth-order valence-corrected chi connectivity index (χ4v) is 1.42. The van der Waals surface area contributed by atoms with Gasteiger partial charge in [0.1, 0.15) is 5.60 Å². The number of aliphatic hydroxyl groups excluding tert-OH is 1. The molecule has 2 amide bonds. The van der Waals surface area contributed by atoms with Gasteiger partial charge in [-0.05, 0) is 33.6 Å². The lowest BCUT2D eigenvalue weighted by Crippen LogP contribution is -2.44. The number of aliphatic hydroxyl groups is 1. The number of piperidine rings is 1. The summed E-state index contributed by atoms with van der Waals surface area (Å²) < 4.78 is 5.10. The summed E-state index contributed by atoms with van der Waals surface area (Å²) in [5, 5.41) is 8.83. The van der Waals surface area contributed by atoms with E-state index in [-0.39, 0.29) is 5.57 Å². The summed E-state index contributed by atoms with van der Waals surface area (Å²) in [5.41, 5.74) is -0.380. The Bertz CT molecular complexity index is 327. The molecule has 1 saturated heterocycles. The molecule has 1 aliphatic heterocycles. The predicted octanol–water partition coefficient (Wildman–Crippen LogP) is 1.99. The largest absolute Gasteiger partial charge is 0.515 e. The van der Waals surface area contributed by atoms with Crippen molar-refractivity contribution in [2.45, 2.75) is 39.2 Å². The molecule has 1 fully saturated rings. The van der Waals surface area contributed by atoms with Crippen LogP contribution in [0.3, 0.4) is 0 Å². The molecule has 0 spiro atoms. The van der Waals surface area contributed by atoms with E-state index in [0.29, 0.717) is 19.4 Å². The number of hydrogen-bond acceptors (Lipinski definition) is 4. The Hall–Kier alpha value is -1.52. The first-order valence-corrected chi connectivity index (χ1v) is 5.23. The van der Waals surface area contributed by atoms with E-state index in [1.54, 1.807) is 20.8 Å². The molecule has 0 unspecified atom stereocenters. The molecule has 0 atom stereocenters. The molecule has 1 rings (SSSR count). The lowest BCUT2D eigenvalue weighted by molar-refractivity contribution is -0.127. The van der Waals surface area contributed by atoms with E-state index in [1.807, 2.05) is 0 Å². The van der Waals surface area contributed by atoms with E-state index >= 15 is 0 Å². The zero-order chi connectivity index (χ0) is 12.3. The Morgan fingerprint density at radius 3 is 2.62 bits per heavy atom. The van der Waals surface area contributed by atoms with Crippen LogP contribution in [-0.2, 0) is 9.53 Å². The van der Waals surface area contributed by atoms with Gasteiger partial charge in [-0.1, -0.05) is 0 Å². The summed E-state index contributed by atoms with van der Waals surface area (Å²) in [5.74, 6) is -0.469. The molecule has 0 aromatic heterocycles. The second-order valence-electron chi connectivity index (χ2n) is 4.70. The van der Waals surface area contributed by atoms with Gasteiger partial charge in [-0.15, -0.1) is 0 Å². The molecule has 1 heterocycles. The molecule has 0 radical (unpaired) electrons. The molecule has 90 valence electrons. The van der Waals surface area contributed by atoms with E-state index in [0.717, 1.165) is 11.2 Å². The van der Waals surface area contributed by atoms with Crippen molar-refractivity contribution in [1.29, 1.82) is 0 Å². The lowest BCUT2D eigenvalue weighted by atomic mass is 10.1. The summed E-state index contributed by atoms with van der Waals surface area (Å²) in [4.78, 5) is 24.4. The zero-order valence-electron chi connectivity index (χ0n) is 9.82. The van der Waals surface area contributed by atoms with Crippen molar-refractivity contribution in [3.63, 3.8) is 0 Å². The normalized spacial score (nSPS) is 20.1. The van der Waals surface area contributed by atoms with E-state index in [2.05, 4.69) is 0 Å². The third kappa shape index (κ3) is 2.98. The van der Waals surface area contributed by atoms with Crippen LogP contribution < -0.4 is 0 Å². The van der Waals surface area contributed by atoms with Gasteiger partial charge in [0.05, 0.1) is 11.8 Å². The molecule has 5 heteroatoms. The fraction of sp³-hybridized carbons (Fsp3) is 0.636. The Labute approximate surface area is 94.7 Å². The maximum absolute atomic E-state index is 11.7. The Morgan fingerprint density at radius 2 is 2.12 bits per heavy atom. The van der Waals surface area contributed by atoms with Crippen molar-refractivity contribution in [1.82, 2.24) is 4.90 Å². The van der Waals surface area contributed by atoms with Gasteiger partial charge in [0, 0.05) is 6.54 Å². The second-order valence-corrected chi connectivity index (χ2v) is 4.70. The summed E-state index contributed by atoms with van der Waals surface area (Å²) in [6, 6.07) is 0. The van der Waals surface area contributed by atoms with Gasteiger partial charge >= 0.3 is 6.09 Å². The third-order valence-corrected chi connectivity index (χ3v) is 2.12. The third-order valence-electron chi connectivity index (χ3n) is 2.12. The molecular weight excluding hydrogens is 210 g/mol. The first-order chi connectivity index (χ1) is 7.35. The topological polar surface area (TPSA) is 66.8 Å². The highest BCUT2D eigenvalue weighted by molar-refractivity contribution is 6.02. The molecule has 5 nitrogen and oxygen atoms in total. The van der Waals surface area contributed by atoms with Gasteiger partial charge in [0.15, 0.2) is 0 Å². The quantitative estimate of drug-likeness (QED) is 0.507. The first kappa shape index (κ1) is 12.5. The molecular formula is C11H17NO4. The molecule has 16 heavy (non-hydrogen) atoms. The Morgan fingerprint density at radius 1 is 1.50 bits per heavy atom. The average Bonchev–Trinajstić information content (AvgIpc) is 2.15. The number of imide groups is 1. The number of rotatable bonds is 0. The van der Waals surface area contributed by atoms with Gasteiger partial charge in [0.25, 0.3) is 5.91 Å². The van der Waals surface area contributed by atoms with Crippen molar-refractivity contribution >= 4 is 12.0 Å². The molecule has 1 N–H and O–H groups in total. The summed E-state index contributed by atoms with van der Waals surface area (Å²) in [7, 11) is 0. The van der Waals surface area contributed by atoms with E-state index in [9.17, 15) is 9.59 Å². The molecule has 0 aromatic rings. The van der Waals surface area contributed by atoms with Crippen LogP contribution in [0.1, 0.15) is 33.6 Å². The van der Waals surface area contributed by atoms with E-state index in [4.69, 9.17) is 9.84 Å². The van der Waals surface area contributed by atoms with Crippen molar-refractivity contribution in [3.8, 4) is 0 Å². The van der Waals surface area contributed by atoms with E-state index < -0.39 is 17.6 Å². The van der Waals surface area contributed by atoms with Gasteiger partial charge in [-0.3, -0.25) is 4.79 Å². The van der Waals surface area contributed by atoms with Crippen molar-refractivity contribution in [2.75, 3.05) is 6.54 Å². The van der Waals surface area contributed by atoms with Gasteiger partial charge in [0.2, 0.25) is 0 Å². The number of likely N-dealkylation sites (tertiary alicyclic amines) is 1. The first-order valence-electron chi connectivity index (χ1n) is 5.23. The number of nitrogens with zero attached hydrogens (tertiary/aromatic N) is 1. The second kappa shape index (κ2) is 4.55. The smallest absolute Gasteiger partial charge is 0.417 e. The maximum Gasteiger partial charge on any atom is 0.417 e. The van der Waals surface area contributed by atoms with Crippen LogP contribution in [-0.4, -0.2) is 34.2 Å². The number of amides is 2. The lowest BCUT2D eigenvalue weighted by Gasteiger charge is -2.29. The van der Waals surface area contributed by atoms with Crippen LogP contribution in [0.2, 0.25) is 0 Å². The van der Waals surface area contributed by atoms with Gasteiger partial charge in [-0.2, -0.15) is 0 Å². The van der Waals surface area contributed by atoms with Crippen LogP contribution in [0, 0.1) is 0 Å². The van der Waals surface area contributed by atoms with Crippen LogP contribution >= 0.6 is 0 Å². The minimum atomic E-state index is -0.656. The number of ether oxygens (including phenoxy) is 1. The van der Waals surface area contributed by atoms with Crippen LogP contribution in [0.25, 0.3) is 0 Å². The van der Waals surface area contributed by atoms with Gasteiger partial charge < -0.3 is 9.84 Å². The molecule has 0 saturated carbocycles. The number of carbonyl (C=O) groups excluding carboxylic acids is 2. The monoisotopic (exact) mass is 227 g/mol. The Kier molecular flexibility index (Phi) is 3.57. The molecule has 1 aliphatic rings. The molecule has 0 aliphatic carbocycles. The van der Waals surface area contributed by atoms with Crippen molar-refractivity contribution in [3.05, 3.63) is 11.8 Å². The van der Waals surface area contributed by atoms with E-state index in [1.165, 1.54) is 0 Å². The summed E-state index contributed by atoms with van der Waals surface area (Å²) >= 11 is 0. The minimum absolute atomic E-state index is 0.247. The summed E-state index contributed by atoms with van der Waals surface area (Å²) in [6.07, 6.45) is 1.25. The van der Waals surface area contributed by atoms with Gasteiger partial charge in [-0.25, -0.2) is 9.69 Å². The van der Waals surface area contributed by atoms with Crippen LogP contribution in [0.4, 0.5) is 4.79 Å². The number of carbonyl (C=O) groups is 2. The highest BCUT2D eigenvalue weighted by atomic mass is 16.6. The van der Waals surface area contributed by atoms with Crippen LogP contribution in [0.15, 0.2) is 11.8 Å². The molecule has 0 aromatic carbocycles. The average molecular weight is 227 g/mol. The fourth-order valence-electron chi connectivity index (χ4n) is 1.42. The SMILES string of the molecule is CC(C)(C)OC(=O)N1CCC/C(=C\O)C1=O.